The van der Waals surface area contributed by atoms with Crippen molar-refractivity contribution in [2.24, 2.45) is 0 Å². The van der Waals surface area contributed by atoms with Crippen LogP contribution in [0.5, 0.6) is 0 Å². The van der Waals surface area contributed by atoms with E-state index in [1.807, 2.05) is 0 Å². The van der Waals surface area contributed by atoms with Gasteiger partial charge in [-0.2, -0.15) is 0 Å². The van der Waals surface area contributed by atoms with Crippen LogP contribution in [0.4, 0.5) is 16.8 Å². The molecule has 0 aromatic carbocycles. The molecule has 0 saturated carbocycles. The molecule has 0 atom stereocenters. The van der Waals surface area contributed by atoms with E-state index < -0.39 is 0 Å². The van der Waals surface area contributed by atoms with Gasteiger partial charge in [-0.3, -0.25) is 14.8 Å². The predicted molar refractivity (Wildman–Crippen MR) is 99.1 cm³/mol. The average Bonchev–Trinajstić information content (AvgIpc) is 3.07. The number of rotatable bonds is 11. The highest BCUT2D eigenvalue weighted by Gasteiger charge is 2.06. The van der Waals surface area contributed by atoms with Crippen molar-refractivity contribution >= 4 is 40.3 Å². The summed E-state index contributed by atoms with van der Waals surface area (Å²) in [5.74, 6) is 1.61. The standard InChI is InChI=1S/C16H22N6O3S/c1-11-19-13(17-7-5-3-2-4-6-15(24)22-25)8-14(20-11)21-16-18-9-12(10-23)26-16/h8-10,25H,2-7H2,1H3,(H,22,24)(H2,17,18,19,20,21). The minimum Gasteiger partial charge on any atom is -0.370 e. The van der Waals surface area contributed by atoms with Crippen LogP contribution in [0.3, 0.4) is 0 Å². The summed E-state index contributed by atoms with van der Waals surface area (Å²) in [7, 11) is 0. The molecule has 9 nitrogen and oxygen atoms in total. The maximum absolute atomic E-state index is 10.9. The summed E-state index contributed by atoms with van der Waals surface area (Å²) in [5.41, 5.74) is 1.63. The number of amides is 1. The normalized spacial score (nSPS) is 10.4. The molecule has 140 valence electrons. The molecule has 4 N–H and O–H groups in total. The number of aryl methyl sites for hydroxylation is 1. The third-order valence-electron chi connectivity index (χ3n) is 3.47. The van der Waals surface area contributed by atoms with Gasteiger partial charge in [0, 0.05) is 19.0 Å². The van der Waals surface area contributed by atoms with E-state index in [1.165, 1.54) is 17.5 Å². The zero-order valence-electron chi connectivity index (χ0n) is 14.5. The Morgan fingerprint density at radius 2 is 2.00 bits per heavy atom. The van der Waals surface area contributed by atoms with Crippen LogP contribution >= 0.6 is 11.3 Å². The molecule has 10 heteroatoms. The lowest BCUT2D eigenvalue weighted by Gasteiger charge is -2.09. The molecule has 0 bridgehead atoms. The Morgan fingerprint density at radius 3 is 2.73 bits per heavy atom. The predicted octanol–water partition coefficient (Wildman–Crippen LogP) is 2.67. The van der Waals surface area contributed by atoms with Crippen LogP contribution in [-0.4, -0.2) is 38.9 Å². The van der Waals surface area contributed by atoms with Crippen LogP contribution in [0.1, 0.15) is 47.6 Å². The van der Waals surface area contributed by atoms with Gasteiger partial charge in [-0.25, -0.2) is 20.4 Å². The molecule has 0 aliphatic rings. The van der Waals surface area contributed by atoms with E-state index in [-0.39, 0.29) is 5.91 Å². The van der Waals surface area contributed by atoms with Gasteiger partial charge < -0.3 is 10.6 Å². The molecule has 2 heterocycles. The van der Waals surface area contributed by atoms with Crippen molar-refractivity contribution in [3.63, 3.8) is 0 Å². The molecule has 0 aliphatic heterocycles. The number of aromatic nitrogens is 3. The molecule has 0 radical (unpaired) electrons. The lowest BCUT2D eigenvalue weighted by molar-refractivity contribution is -0.129. The number of hydroxylamine groups is 1. The Kier molecular flexibility index (Phi) is 7.90. The van der Waals surface area contributed by atoms with Crippen molar-refractivity contribution in [2.45, 2.75) is 39.0 Å². The number of hydrogen-bond acceptors (Lipinski definition) is 9. The number of carbonyl (C=O) groups excluding carboxylic acids is 2. The van der Waals surface area contributed by atoms with Crippen molar-refractivity contribution in [1.29, 1.82) is 0 Å². The average molecular weight is 378 g/mol. The molecule has 0 saturated heterocycles. The van der Waals surface area contributed by atoms with Crippen molar-refractivity contribution in [1.82, 2.24) is 20.4 Å². The molecule has 0 spiro atoms. The zero-order chi connectivity index (χ0) is 18.8. The number of aldehydes is 1. The SMILES string of the molecule is Cc1nc(NCCCCCCC(=O)NO)cc(Nc2ncc(C=O)s2)n1. The largest absolute Gasteiger partial charge is 0.370 e. The summed E-state index contributed by atoms with van der Waals surface area (Å²) < 4.78 is 0. The molecule has 1 amide bonds. The highest BCUT2D eigenvalue weighted by atomic mass is 32.1. The molecule has 26 heavy (non-hydrogen) atoms. The van der Waals surface area contributed by atoms with Crippen LogP contribution < -0.4 is 16.1 Å². The van der Waals surface area contributed by atoms with Gasteiger partial charge >= 0.3 is 0 Å². The van der Waals surface area contributed by atoms with Crippen LogP contribution in [-0.2, 0) is 4.79 Å². The molecule has 0 unspecified atom stereocenters. The number of hydrogen-bond donors (Lipinski definition) is 4. The first-order valence-electron chi connectivity index (χ1n) is 8.31. The number of thiazole rings is 1. The smallest absolute Gasteiger partial charge is 0.243 e. The fraction of sp³-hybridized carbons (Fsp3) is 0.438. The van der Waals surface area contributed by atoms with E-state index in [0.717, 1.165) is 38.5 Å². The second-order valence-corrected chi connectivity index (χ2v) is 6.68. The Bertz CT molecular complexity index is 737. The van der Waals surface area contributed by atoms with E-state index >= 15 is 0 Å². The summed E-state index contributed by atoms with van der Waals surface area (Å²) in [5, 5.41) is 15.3. The number of unbranched alkanes of at least 4 members (excludes halogenated alkanes) is 3. The lowest BCUT2D eigenvalue weighted by Crippen LogP contribution is -2.17. The van der Waals surface area contributed by atoms with Crippen LogP contribution in [0.15, 0.2) is 12.3 Å². The Balaban J connectivity index is 1.76. The fourth-order valence-electron chi connectivity index (χ4n) is 2.27. The van der Waals surface area contributed by atoms with Crippen LogP contribution in [0.2, 0.25) is 0 Å². The maximum atomic E-state index is 10.9. The van der Waals surface area contributed by atoms with Crippen molar-refractivity contribution < 1.29 is 14.8 Å². The molecular formula is C16H22N6O3S. The maximum Gasteiger partial charge on any atom is 0.243 e. The highest BCUT2D eigenvalue weighted by molar-refractivity contribution is 7.17. The van der Waals surface area contributed by atoms with E-state index in [9.17, 15) is 9.59 Å². The second kappa shape index (κ2) is 10.4. The molecule has 0 fully saturated rings. The minimum absolute atomic E-state index is 0.340. The van der Waals surface area contributed by atoms with Crippen molar-refractivity contribution in [2.75, 3.05) is 17.2 Å². The molecular weight excluding hydrogens is 356 g/mol. The van der Waals surface area contributed by atoms with Crippen molar-refractivity contribution in [3.05, 3.63) is 23.0 Å². The first kappa shape index (κ1) is 19.7. The van der Waals surface area contributed by atoms with Gasteiger partial charge in [0.2, 0.25) is 5.91 Å². The molecule has 2 aromatic heterocycles. The number of carbonyl (C=O) groups is 2. The van der Waals surface area contributed by atoms with Gasteiger partial charge in [-0.1, -0.05) is 24.2 Å². The van der Waals surface area contributed by atoms with Gasteiger partial charge in [-0.05, 0) is 19.8 Å². The minimum atomic E-state index is -0.347. The summed E-state index contributed by atoms with van der Waals surface area (Å²) in [6, 6.07) is 1.79. The van der Waals surface area contributed by atoms with Crippen LogP contribution in [0.25, 0.3) is 0 Å². The summed E-state index contributed by atoms with van der Waals surface area (Å²) in [6.07, 6.45) is 6.22. The Hall–Kier alpha value is -2.59. The van der Waals surface area contributed by atoms with Gasteiger partial charge in [-0.15, -0.1) is 0 Å². The fourth-order valence-corrected chi connectivity index (χ4v) is 2.90. The first-order chi connectivity index (χ1) is 12.6. The Labute approximate surface area is 155 Å². The number of nitrogens with one attached hydrogen (secondary N) is 3. The topological polar surface area (TPSA) is 129 Å². The van der Waals surface area contributed by atoms with E-state index in [2.05, 4.69) is 25.6 Å². The number of nitrogens with zero attached hydrogens (tertiary/aromatic N) is 3. The molecule has 0 aliphatic carbocycles. The second-order valence-electron chi connectivity index (χ2n) is 5.62. The van der Waals surface area contributed by atoms with Gasteiger partial charge in [0.25, 0.3) is 0 Å². The third kappa shape index (κ3) is 6.73. The number of anilines is 3. The van der Waals surface area contributed by atoms with E-state index in [4.69, 9.17) is 5.21 Å². The summed E-state index contributed by atoms with van der Waals surface area (Å²) in [6.45, 7) is 2.57. The zero-order valence-corrected chi connectivity index (χ0v) is 15.3. The van der Waals surface area contributed by atoms with Gasteiger partial charge in [0.1, 0.15) is 17.5 Å². The first-order valence-corrected chi connectivity index (χ1v) is 9.13. The van der Waals surface area contributed by atoms with Crippen LogP contribution in [0, 0.1) is 6.92 Å². The van der Waals surface area contributed by atoms with Gasteiger partial charge in [0.05, 0.1) is 11.1 Å². The highest BCUT2D eigenvalue weighted by Crippen LogP contribution is 2.21. The van der Waals surface area contributed by atoms with Gasteiger partial charge in [0.15, 0.2) is 11.4 Å². The summed E-state index contributed by atoms with van der Waals surface area (Å²) in [4.78, 5) is 34.9. The third-order valence-corrected chi connectivity index (χ3v) is 4.31. The monoisotopic (exact) mass is 378 g/mol. The lowest BCUT2D eigenvalue weighted by atomic mass is 10.1. The van der Waals surface area contributed by atoms with E-state index in [1.54, 1.807) is 18.5 Å². The molecule has 2 aromatic rings. The Morgan fingerprint density at radius 1 is 1.23 bits per heavy atom. The van der Waals surface area contributed by atoms with E-state index in [0.29, 0.717) is 33.9 Å². The molecule has 2 rings (SSSR count). The quantitative estimate of drug-likeness (QED) is 0.203. The summed E-state index contributed by atoms with van der Waals surface area (Å²) >= 11 is 1.26. The van der Waals surface area contributed by atoms with Crippen molar-refractivity contribution in [3.8, 4) is 0 Å².